The van der Waals surface area contributed by atoms with Gasteiger partial charge in [-0.25, -0.2) is 0 Å². The molecular weight excluding hydrogens is 184 g/mol. The first-order valence-electron chi connectivity index (χ1n) is 4.15. The predicted molar refractivity (Wildman–Crippen MR) is 59.8 cm³/mol. The largest absolute Gasteiger partial charge is 0.385 e. The van der Waals surface area contributed by atoms with Crippen LogP contribution in [0.4, 0.5) is 0 Å². The highest BCUT2D eigenvalue weighted by atomic mass is 32.2. The van der Waals surface area contributed by atoms with E-state index in [2.05, 4.69) is 9.71 Å². The first-order chi connectivity index (χ1) is 5.88. The van der Waals surface area contributed by atoms with Gasteiger partial charge in [0.25, 0.3) is 0 Å². The van der Waals surface area contributed by atoms with Crippen LogP contribution in [-0.4, -0.2) is 23.5 Å². The van der Waals surface area contributed by atoms with Crippen LogP contribution in [0, 0.1) is 0 Å². The third kappa shape index (κ3) is 5.85. The first kappa shape index (κ1) is 12.7. The normalized spacial score (nSPS) is 14.9. The number of aliphatic hydroxyl groups is 1. The molecule has 0 saturated heterocycles. The lowest BCUT2D eigenvalue weighted by atomic mass is 10.1. The van der Waals surface area contributed by atoms with E-state index in [1.165, 1.54) is 11.9 Å². The Bertz CT molecular complexity index is 216. The highest BCUT2D eigenvalue weighted by molar-refractivity contribution is 8.01. The Labute approximate surface area is 84.5 Å². The van der Waals surface area contributed by atoms with Gasteiger partial charge in [0, 0.05) is 16.8 Å². The summed E-state index contributed by atoms with van der Waals surface area (Å²) in [6, 6.07) is 0. The summed E-state index contributed by atoms with van der Waals surface area (Å²) in [5, 5.41) is 9.55. The smallest absolute Gasteiger partial charge is 0.0967 e. The van der Waals surface area contributed by atoms with Crippen molar-refractivity contribution in [3.8, 4) is 0 Å². The lowest BCUT2D eigenvalue weighted by molar-refractivity contribution is 0.153. The molecule has 4 heteroatoms. The minimum atomic E-state index is -0.832. The van der Waals surface area contributed by atoms with Crippen molar-refractivity contribution in [2.24, 2.45) is 4.99 Å². The highest BCUT2D eigenvalue weighted by Gasteiger charge is 2.15. The molecule has 0 saturated carbocycles. The van der Waals surface area contributed by atoms with Crippen LogP contribution in [0.1, 0.15) is 27.7 Å². The molecule has 0 atom stereocenters. The van der Waals surface area contributed by atoms with Crippen molar-refractivity contribution in [1.29, 1.82) is 0 Å². The maximum atomic E-state index is 9.55. The van der Waals surface area contributed by atoms with E-state index in [0.29, 0.717) is 5.71 Å². The zero-order valence-corrected chi connectivity index (χ0v) is 9.70. The molecule has 0 spiro atoms. The second kappa shape index (κ2) is 5.42. The Hall–Kier alpha value is -0.320. The van der Waals surface area contributed by atoms with E-state index in [4.69, 9.17) is 0 Å². The van der Waals surface area contributed by atoms with Crippen LogP contribution >= 0.6 is 11.9 Å². The highest BCUT2D eigenvalue weighted by Crippen LogP contribution is 2.10. The molecule has 0 aromatic carbocycles. The van der Waals surface area contributed by atoms with Crippen molar-refractivity contribution in [2.75, 3.05) is 7.05 Å². The van der Waals surface area contributed by atoms with E-state index in [0.717, 1.165) is 4.91 Å². The molecule has 0 fully saturated rings. The van der Waals surface area contributed by atoms with E-state index >= 15 is 0 Å². The van der Waals surface area contributed by atoms with Crippen LogP contribution in [-0.2, 0) is 0 Å². The number of aliphatic imine (C=N–C) groups is 1. The second-order valence-corrected chi connectivity index (χ2v) is 4.58. The number of hydrogen-bond donors (Lipinski definition) is 2. The van der Waals surface area contributed by atoms with E-state index in [1.54, 1.807) is 20.0 Å². The molecule has 0 heterocycles. The Kier molecular flexibility index (Phi) is 5.29. The number of nitrogens with zero attached hydrogens (tertiary/aromatic N) is 1. The molecule has 0 bridgehead atoms. The molecule has 76 valence electrons. The van der Waals surface area contributed by atoms with Crippen LogP contribution < -0.4 is 4.72 Å². The van der Waals surface area contributed by atoms with Crippen LogP contribution in [0.25, 0.3) is 0 Å². The van der Waals surface area contributed by atoms with E-state index in [9.17, 15) is 5.11 Å². The Morgan fingerprint density at radius 1 is 1.46 bits per heavy atom. The van der Waals surface area contributed by atoms with Gasteiger partial charge in [-0.05, 0) is 46.7 Å². The summed E-state index contributed by atoms with van der Waals surface area (Å²) in [7, 11) is 1.86. The molecule has 0 rings (SSSR count). The lowest BCUT2D eigenvalue weighted by Crippen LogP contribution is -2.28. The first-order valence-corrected chi connectivity index (χ1v) is 4.97. The van der Waals surface area contributed by atoms with Crippen LogP contribution in [0.15, 0.2) is 16.1 Å². The van der Waals surface area contributed by atoms with Crippen LogP contribution in [0.2, 0.25) is 0 Å². The molecule has 13 heavy (non-hydrogen) atoms. The average Bonchev–Trinajstić information content (AvgIpc) is 1.99. The van der Waals surface area contributed by atoms with Crippen molar-refractivity contribution in [3.05, 3.63) is 11.1 Å². The Morgan fingerprint density at radius 3 is 2.38 bits per heavy atom. The number of hydrogen-bond acceptors (Lipinski definition) is 4. The standard InChI is InChI=1S/C9H18N2OS/c1-7(13-10-5)6-11-8(2)9(3,4)12/h6,10,12H,1-5H3/b7-6+,11-8?. The zero-order valence-electron chi connectivity index (χ0n) is 8.88. The quantitative estimate of drug-likeness (QED) is 0.541. The topological polar surface area (TPSA) is 44.6 Å². The Morgan fingerprint density at radius 2 is 2.00 bits per heavy atom. The van der Waals surface area contributed by atoms with Gasteiger partial charge in [-0.1, -0.05) is 0 Å². The van der Waals surface area contributed by atoms with Gasteiger partial charge >= 0.3 is 0 Å². The molecule has 0 amide bonds. The van der Waals surface area contributed by atoms with Gasteiger partial charge in [-0.15, -0.1) is 0 Å². The van der Waals surface area contributed by atoms with Gasteiger partial charge in [-0.2, -0.15) is 0 Å². The van der Waals surface area contributed by atoms with Crippen molar-refractivity contribution < 1.29 is 5.11 Å². The fraction of sp³-hybridized carbons (Fsp3) is 0.667. The number of allylic oxidation sites excluding steroid dienone is 1. The Balaban J connectivity index is 4.33. The molecule has 3 nitrogen and oxygen atoms in total. The monoisotopic (exact) mass is 202 g/mol. The SMILES string of the molecule is CNS/C(C)=C/N=C(C)C(C)(C)O. The second-order valence-electron chi connectivity index (χ2n) is 3.32. The van der Waals surface area contributed by atoms with Crippen LogP contribution in [0.5, 0.6) is 0 Å². The molecule has 0 aromatic heterocycles. The summed E-state index contributed by atoms with van der Waals surface area (Å²) in [6.07, 6.45) is 1.74. The van der Waals surface area contributed by atoms with E-state index in [1.807, 2.05) is 20.9 Å². The summed E-state index contributed by atoms with van der Waals surface area (Å²) in [4.78, 5) is 5.22. The number of nitrogens with one attached hydrogen (secondary N) is 1. The zero-order chi connectivity index (χ0) is 10.5. The summed E-state index contributed by atoms with van der Waals surface area (Å²) in [5.41, 5.74) is -0.121. The molecule has 0 aliphatic carbocycles. The lowest BCUT2D eigenvalue weighted by Gasteiger charge is -2.15. The van der Waals surface area contributed by atoms with Crippen LogP contribution in [0.3, 0.4) is 0 Å². The summed E-state index contributed by atoms with van der Waals surface area (Å²) < 4.78 is 2.95. The minimum Gasteiger partial charge on any atom is -0.385 e. The third-order valence-corrected chi connectivity index (χ3v) is 2.22. The van der Waals surface area contributed by atoms with Gasteiger partial charge in [0.05, 0.1) is 5.60 Å². The maximum absolute atomic E-state index is 9.55. The van der Waals surface area contributed by atoms with Crippen molar-refractivity contribution >= 4 is 17.7 Å². The van der Waals surface area contributed by atoms with E-state index < -0.39 is 5.60 Å². The van der Waals surface area contributed by atoms with Gasteiger partial charge in [0.2, 0.25) is 0 Å². The molecule has 0 unspecified atom stereocenters. The van der Waals surface area contributed by atoms with E-state index in [-0.39, 0.29) is 0 Å². The van der Waals surface area contributed by atoms with Gasteiger partial charge < -0.3 is 5.11 Å². The van der Waals surface area contributed by atoms with Gasteiger partial charge in [-0.3, -0.25) is 9.71 Å². The number of rotatable bonds is 4. The maximum Gasteiger partial charge on any atom is 0.0967 e. The molecule has 0 aliphatic rings. The third-order valence-electron chi connectivity index (χ3n) is 1.59. The van der Waals surface area contributed by atoms with Crippen molar-refractivity contribution in [3.63, 3.8) is 0 Å². The average molecular weight is 202 g/mol. The fourth-order valence-electron chi connectivity index (χ4n) is 0.533. The molecule has 0 aliphatic heterocycles. The molecule has 2 N–H and O–H groups in total. The van der Waals surface area contributed by atoms with Crippen molar-refractivity contribution in [1.82, 2.24) is 4.72 Å². The fourth-order valence-corrected chi connectivity index (χ4v) is 0.960. The summed E-state index contributed by atoms with van der Waals surface area (Å²) in [6.45, 7) is 7.22. The predicted octanol–water partition coefficient (Wildman–Crippen LogP) is 1.95. The van der Waals surface area contributed by atoms with Gasteiger partial charge in [0.15, 0.2) is 0 Å². The summed E-state index contributed by atoms with van der Waals surface area (Å²) in [5.74, 6) is 0. The van der Waals surface area contributed by atoms with Gasteiger partial charge in [0.1, 0.15) is 0 Å². The molecule has 0 radical (unpaired) electrons. The molecule has 0 aromatic rings. The molecular formula is C9H18N2OS. The van der Waals surface area contributed by atoms with Crippen molar-refractivity contribution in [2.45, 2.75) is 33.3 Å². The summed E-state index contributed by atoms with van der Waals surface area (Å²) >= 11 is 1.51. The minimum absolute atomic E-state index is 0.712.